The van der Waals surface area contributed by atoms with Crippen molar-refractivity contribution in [1.29, 1.82) is 0 Å². The molecule has 1 aromatic carbocycles. The van der Waals surface area contributed by atoms with Gasteiger partial charge in [0.25, 0.3) is 11.8 Å². The molecule has 0 aliphatic carbocycles. The van der Waals surface area contributed by atoms with Crippen molar-refractivity contribution in [2.75, 3.05) is 52.4 Å². The zero-order valence-electron chi connectivity index (χ0n) is 29.8. The molecule has 2 aromatic heterocycles. The molecule has 3 amide bonds. The van der Waals surface area contributed by atoms with E-state index in [1.54, 1.807) is 11.8 Å². The van der Waals surface area contributed by atoms with Gasteiger partial charge in [-0.1, -0.05) is 19.4 Å². The molecule has 3 aliphatic heterocycles. The third kappa shape index (κ3) is 8.17. The van der Waals surface area contributed by atoms with Crippen LogP contribution >= 0.6 is 11.3 Å². The van der Waals surface area contributed by atoms with Gasteiger partial charge in [-0.15, -0.1) is 11.3 Å². The number of piperazine rings is 1. The van der Waals surface area contributed by atoms with Crippen LogP contribution < -0.4 is 4.74 Å². The number of thiophene rings is 1. The summed E-state index contributed by atoms with van der Waals surface area (Å²) in [5.74, 6) is -3.36. The quantitative estimate of drug-likeness (QED) is 0.273. The number of hydrogen-bond donors (Lipinski definition) is 1. The number of aliphatic hydroxyl groups excluding tert-OH is 1. The van der Waals surface area contributed by atoms with Gasteiger partial charge in [0.1, 0.15) is 28.2 Å². The number of carbonyl (C=O) groups is 3. The molecule has 55 heavy (non-hydrogen) atoms. The Balaban J connectivity index is 1.46. The Morgan fingerprint density at radius 1 is 0.982 bits per heavy atom. The van der Waals surface area contributed by atoms with Crippen LogP contribution in [0.5, 0.6) is 5.75 Å². The van der Waals surface area contributed by atoms with E-state index in [4.69, 9.17) is 4.74 Å². The van der Waals surface area contributed by atoms with Crippen molar-refractivity contribution in [3.63, 3.8) is 0 Å². The summed E-state index contributed by atoms with van der Waals surface area (Å²) in [5, 5.41) is 10.5. The predicted molar refractivity (Wildman–Crippen MR) is 186 cm³/mol. The van der Waals surface area contributed by atoms with Gasteiger partial charge in [-0.3, -0.25) is 24.3 Å². The second-order valence-corrected chi connectivity index (χ2v) is 14.7. The standard InChI is InChI=1S/C37H40F7N5O5S/c1-2-5-28-35(54-25-21-29(55-22-25)37(42,43)44,10-4-12-48(28)32(51)30-27(36(39,40)41)6-3-11-45-30)34(53)49-13-9-23-20-24(38)7-8-26(23)31(49)33(52)47-16-14-46(15-17-47)18-19-50/h3,6-8,11,20-22,28,31,50H,2,4-5,9-10,12-19H2,1H3/t28-,31?,35+/m1/s1. The fourth-order valence-electron chi connectivity index (χ4n) is 7.91. The van der Waals surface area contributed by atoms with E-state index in [1.165, 1.54) is 17.0 Å². The first-order valence-electron chi connectivity index (χ1n) is 18.0. The van der Waals surface area contributed by atoms with Crippen LogP contribution in [0.1, 0.15) is 70.7 Å². The van der Waals surface area contributed by atoms with Gasteiger partial charge in [-0.2, -0.15) is 26.3 Å². The minimum absolute atomic E-state index is 0.00319. The van der Waals surface area contributed by atoms with E-state index in [2.05, 4.69) is 4.98 Å². The predicted octanol–water partition coefficient (Wildman–Crippen LogP) is 5.80. The van der Waals surface area contributed by atoms with E-state index in [0.29, 0.717) is 48.2 Å². The van der Waals surface area contributed by atoms with Gasteiger partial charge in [0.05, 0.1) is 18.2 Å². The monoisotopic (exact) mass is 799 g/mol. The van der Waals surface area contributed by atoms with Crippen LogP contribution in [-0.4, -0.2) is 111 Å². The maximum absolute atomic E-state index is 15.5. The molecule has 0 saturated carbocycles. The molecule has 2 saturated heterocycles. The summed E-state index contributed by atoms with van der Waals surface area (Å²) in [6.45, 7) is 3.14. The van der Waals surface area contributed by atoms with Crippen LogP contribution in [-0.2, 0) is 28.4 Å². The third-order valence-corrected chi connectivity index (χ3v) is 11.4. The Labute approximate surface area is 316 Å². The summed E-state index contributed by atoms with van der Waals surface area (Å²) in [5.41, 5.74) is -3.55. The van der Waals surface area contributed by atoms with E-state index in [9.17, 15) is 45.4 Å². The number of amides is 3. The molecule has 0 bridgehead atoms. The number of aromatic nitrogens is 1. The van der Waals surface area contributed by atoms with E-state index in [1.807, 2.05) is 4.90 Å². The zero-order valence-corrected chi connectivity index (χ0v) is 30.7. The molecule has 298 valence electrons. The SMILES string of the molecule is CCC[C@H]1N(C(=O)c2ncccc2C(F)(F)F)CCC[C@@]1(Oc1csc(C(F)(F)F)c1)C(=O)N1CCc2cc(F)ccc2C1C(=O)N1CCN(CCO)CC1. The second-order valence-electron chi connectivity index (χ2n) is 13.8. The molecule has 0 spiro atoms. The average molecular weight is 800 g/mol. The maximum Gasteiger partial charge on any atom is 0.425 e. The van der Waals surface area contributed by atoms with Gasteiger partial charge in [0.15, 0.2) is 0 Å². The molecule has 10 nitrogen and oxygen atoms in total. The number of halogens is 7. The smallest absolute Gasteiger partial charge is 0.425 e. The van der Waals surface area contributed by atoms with Gasteiger partial charge < -0.3 is 24.5 Å². The molecular formula is C37H40F7N5O5S. The molecule has 3 aliphatic rings. The highest BCUT2D eigenvalue weighted by molar-refractivity contribution is 7.10. The van der Waals surface area contributed by atoms with E-state index in [0.717, 1.165) is 34.7 Å². The lowest BCUT2D eigenvalue weighted by atomic mass is 9.78. The Bertz CT molecular complexity index is 1880. The lowest BCUT2D eigenvalue weighted by Crippen LogP contribution is -2.69. The summed E-state index contributed by atoms with van der Waals surface area (Å²) in [6.07, 6.45) is -8.45. The van der Waals surface area contributed by atoms with Crippen LogP contribution in [0.15, 0.2) is 48.0 Å². The Morgan fingerprint density at radius 2 is 1.73 bits per heavy atom. The van der Waals surface area contributed by atoms with E-state index >= 15 is 4.79 Å². The van der Waals surface area contributed by atoms with Gasteiger partial charge in [-0.05, 0) is 54.7 Å². The second kappa shape index (κ2) is 16.1. The molecule has 1 N–H and O–H groups in total. The number of benzene rings is 1. The number of piperidine rings is 1. The van der Waals surface area contributed by atoms with Crippen molar-refractivity contribution in [3.05, 3.63) is 81.1 Å². The first-order valence-corrected chi connectivity index (χ1v) is 18.9. The van der Waals surface area contributed by atoms with Gasteiger partial charge in [0.2, 0.25) is 11.5 Å². The van der Waals surface area contributed by atoms with E-state index < -0.39 is 69.7 Å². The number of fused-ring (bicyclic) bond motifs is 1. The number of pyridine rings is 1. The number of aliphatic hydroxyl groups is 1. The molecule has 0 radical (unpaired) electrons. The fraction of sp³-hybridized carbons (Fsp3) is 0.514. The highest BCUT2D eigenvalue weighted by Crippen LogP contribution is 2.44. The van der Waals surface area contributed by atoms with Gasteiger partial charge in [-0.25, -0.2) is 4.39 Å². The molecular weight excluding hydrogens is 759 g/mol. The fourth-order valence-corrected chi connectivity index (χ4v) is 8.58. The number of rotatable bonds is 9. The largest absolute Gasteiger partial charge is 0.474 e. The van der Waals surface area contributed by atoms with Gasteiger partial charge in [0, 0.05) is 69.9 Å². The summed E-state index contributed by atoms with van der Waals surface area (Å²) in [4.78, 5) is 52.9. The van der Waals surface area contributed by atoms with Crippen molar-refractivity contribution in [2.45, 2.75) is 69.1 Å². The number of likely N-dealkylation sites (tertiary alicyclic amines) is 1. The van der Waals surface area contributed by atoms with Crippen LogP contribution in [0.3, 0.4) is 0 Å². The molecule has 2 fully saturated rings. The van der Waals surface area contributed by atoms with Crippen molar-refractivity contribution in [2.24, 2.45) is 0 Å². The molecule has 3 atom stereocenters. The average Bonchev–Trinajstić information content (AvgIpc) is 3.63. The summed E-state index contributed by atoms with van der Waals surface area (Å²) < 4.78 is 105. The van der Waals surface area contributed by atoms with Crippen molar-refractivity contribution in [1.82, 2.24) is 24.6 Å². The third-order valence-electron chi connectivity index (χ3n) is 10.4. The number of β-amino-alcohol motifs (C(OH)–C–C–N with tert-alkyl or cyclic N) is 1. The Hall–Kier alpha value is -4.29. The number of nitrogens with zero attached hydrogens (tertiary/aromatic N) is 5. The molecule has 6 rings (SSSR count). The first kappa shape index (κ1) is 40.4. The molecule has 1 unspecified atom stereocenters. The van der Waals surface area contributed by atoms with Crippen LogP contribution in [0.25, 0.3) is 0 Å². The number of carbonyl (C=O) groups excluding carboxylic acids is 3. The zero-order chi connectivity index (χ0) is 39.7. The normalized spacial score (nSPS) is 22.4. The van der Waals surface area contributed by atoms with Crippen molar-refractivity contribution in [3.8, 4) is 5.75 Å². The van der Waals surface area contributed by atoms with Crippen molar-refractivity contribution >= 4 is 29.1 Å². The van der Waals surface area contributed by atoms with Crippen molar-refractivity contribution < 1.29 is 55.0 Å². The molecule has 18 heteroatoms. The highest BCUT2D eigenvalue weighted by atomic mass is 32.1. The Morgan fingerprint density at radius 3 is 2.38 bits per heavy atom. The highest BCUT2D eigenvalue weighted by Gasteiger charge is 2.58. The lowest BCUT2D eigenvalue weighted by molar-refractivity contribution is -0.166. The van der Waals surface area contributed by atoms with Crippen LogP contribution in [0.2, 0.25) is 0 Å². The maximum atomic E-state index is 15.5. The summed E-state index contributed by atoms with van der Waals surface area (Å²) in [7, 11) is 0. The minimum atomic E-state index is -4.96. The molecule has 3 aromatic rings. The summed E-state index contributed by atoms with van der Waals surface area (Å²) >= 11 is 0.328. The Kier molecular flexibility index (Phi) is 11.8. The van der Waals surface area contributed by atoms with Gasteiger partial charge >= 0.3 is 12.4 Å². The number of alkyl halides is 6. The van der Waals surface area contributed by atoms with Crippen LogP contribution in [0, 0.1) is 5.82 Å². The van der Waals surface area contributed by atoms with E-state index in [-0.39, 0.29) is 70.6 Å². The summed E-state index contributed by atoms with van der Waals surface area (Å²) in [6, 6.07) is 3.70. The first-order chi connectivity index (χ1) is 26.1. The lowest BCUT2D eigenvalue weighted by Gasteiger charge is -2.51. The number of ether oxygens (including phenoxy) is 1. The van der Waals surface area contributed by atoms with Crippen LogP contribution in [0.4, 0.5) is 30.7 Å². The minimum Gasteiger partial charge on any atom is -0.474 e. The topological polar surface area (TPSA) is 107 Å². The number of hydrogen-bond acceptors (Lipinski definition) is 8. The molecule has 5 heterocycles.